The van der Waals surface area contributed by atoms with E-state index >= 15 is 0 Å². The fourth-order valence-corrected chi connectivity index (χ4v) is 3.21. The van der Waals surface area contributed by atoms with E-state index in [1.165, 1.54) is 16.3 Å². The Hall–Kier alpha value is -3.14. The molecule has 0 bridgehead atoms. The summed E-state index contributed by atoms with van der Waals surface area (Å²) in [6.45, 7) is 0.747. The maximum absolute atomic E-state index is 6.02. The predicted octanol–water partition coefficient (Wildman–Crippen LogP) is 4.02. The molecule has 0 unspecified atom stereocenters. The maximum Gasteiger partial charge on any atom is 0.118 e. The number of nitrogens with two attached hydrogens (primary N) is 2. The summed E-state index contributed by atoms with van der Waals surface area (Å²) in [4.78, 5) is 0. The van der Waals surface area contributed by atoms with Gasteiger partial charge in [0.05, 0.1) is 18.1 Å². The van der Waals surface area contributed by atoms with Crippen LogP contribution in [0.4, 0.5) is 11.4 Å². The third-order valence-corrected chi connectivity index (χ3v) is 4.42. The van der Waals surface area contributed by atoms with Gasteiger partial charge in [0.25, 0.3) is 0 Å². The smallest absolute Gasteiger partial charge is 0.118 e. The lowest BCUT2D eigenvalue weighted by Gasteiger charge is -2.09. The number of benzene rings is 3. The summed E-state index contributed by atoms with van der Waals surface area (Å²) < 4.78 is 7.50. The quantitative estimate of drug-likeness (QED) is 0.561. The van der Waals surface area contributed by atoms with Gasteiger partial charge in [-0.25, -0.2) is 0 Å². The first-order valence-electron chi connectivity index (χ1n) is 7.85. The predicted molar refractivity (Wildman–Crippen MR) is 100 cm³/mol. The Kier molecular flexibility index (Phi) is 3.31. The van der Waals surface area contributed by atoms with Gasteiger partial charge in [-0.3, -0.25) is 0 Å². The molecule has 1 aromatic heterocycles. The Morgan fingerprint density at radius 1 is 0.792 bits per heavy atom. The number of anilines is 2. The van der Waals surface area contributed by atoms with Gasteiger partial charge in [-0.05, 0) is 42.0 Å². The molecule has 0 spiro atoms. The Labute approximate surface area is 140 Å². The summed E-state index contributed by atoms with van der Waals surface area (Å²) in [5.74, 6) is 0.856. The molecule has 24 heavy (non-hydrogen) atoms. The third kappa shape index (κ3) is 2.33. The second kappa shape index (κ2) is 5.49. The van der Waals surface area contributed by atoms with Crippen molar-refractivity contribution in [1.82, 2.24) is 4.57 Å². The lowest BCUT2D eigenvalue weighted by molar-refractivity contribution is 0.414. The lowest BCUT2D eigenvalue weighted by Crippen LogP contribution is -2.00. The summed E-state index contributed by atoms with van der Waals surface area (Å²) >= 11 is 0. The number of fused-ring (bicyclic) bond motifs is 3. The van der Waals surface area contributed by atoms with Gasteiger partial charge in [0.15, 0.2) is 0 Å². The van der Waals surface area contributed by atoms with Crippen LogP contribution in [0.25, 0.3) is 21.8 Å². The van der Waals surface area contributed by atoms with Gasteiger partial charge >= 0.3 is 0 Å². The molecule has 0 atom stereocenters. The molecule has 4 aromatic rings. The standard InChI is InChI=1S/C20H19N3O/c1-24-16-6-2-13(3-7-16)12-23-19-10-14(21)4-8-17(19)18-9-5-15(22)11-20(18)23/h2-11H,12,21-22H2,1H3. The minimum Gasteiger partial charge on any atom is -0.497 e. The van der Waals surface area contributed by atoms with Crippen LogP contribution in [-0.4, -0.2) is 11.7 Å². The molecule has 4 rings (SSSR count). The number of nitrogens with zero attached hydrogens (tertiary/aromatic N) is 1. The first-order chi connectivity index (χ1) is 11.7. The van der Waals surface area contributed by atoms with Gasteiger partial charge in [0.1, 0.15) is 5.75 Å². The van der Waals surface area contributed by atoms with Crippen molar-refractivity contribution >= 4 is 33.2 Å². The van der Waals surface area contributed by atoms with Gasteiger partial charge in [0, 0.05) is 28.7 Å². The number of rotatable bonds is 3. The van der Waals surface area contributed by atoms with Crippen molar-refractivity contribution in [3.05, 3.63) is 66.2 Å². The van der Waals surface area contributed by atoms with Crippen LogP contribution in [0, 0.1) is 0 Å². The molecule has 1 heterocycles. The molecular weight excluding hydrogens is 298 g/mol. The first-order valence-corrected chi connectivity index (χ1v) is 7.85. The highest BCUT2D eigenvalue weighted by atomic mass is 16.5. The van der Waals surface area contributed by atoms with Crippen molar-refractivity contribution in [2.45, 2.75) is 6.54 Å². The van der Waals surface area contributed by atoms with E-state index in [0.717, 1.165) is 34.7 Å². The van der Waals surface area contributed by atoms with E-state index in [-0.39, 0.29) is 0 Å². The Morgan fingerprint density at radius 2 is 1.33 bits per heavy atom. The van der Waals surface area contributed by atoms with Crippen molar-refractivity contribution in [3.63, 3.8) is 0 Å². The van der Waals surface area contributed by atoms with Gasteiger partial charge < -0.3 is 20.8 Å². The van der Waals surface area contributed by atoms with Crippen molar-refractivity contribution in [3.8, 4) is 5.75 Å². The van der Waals surface area contributed by atoms with E-state index in [4.69, 9.17) is 16.2 Å². The molecule has 4 N–H and O–H groups in total. The van der Waals surface area contributed by atoms with Crippen LogP contribution >= 0.6 is 0 Å². The average Bonchev–Trinajstić information content (AvgIpc) is 2.88. The number of nitrogen functional groups attached to an aromatic ring is 2. The molecule has 0 aliphatic rings. The zero-order valence-electron chi connectivity index (χ0n) is 13.5. The second-order valence-corrected chi connectivity index (χ2v) is 5.99. The first kappa shape index (κ1) is 14.5. The number of aromatic nitrogens is 1. The Morgan fingerprint density at radius 3 is 1.83 bits per heavy atom. The number of hydrogen-bond donors (Lipinski definition) is 2. The molecule has 0 aliphatic heterocycles. The van der Waals surface area contributed by atoms with Crippen molar-refractivity contribution in [2.75, 3.05) is 18.6 Å². The fraction of sp³-hybridized carbons (Fsp3) is 0.100. The molecular formula is C20H19N3O. The van der Waals surface area contributed by atoms with E-state index in [1.807, 2.05) is 36.4 Å². The molecule has 0 fully saturated rings. The monoisotopic (exact) mass is 317 g/mol. The van der Waals surface area contributed by atoms with Crippen LogP contribution < -0.4 is 16.2 Å². The SMILES string of the molecule is COc1ccc(Cn2c3cc(N)ccc3c3ccc(N)cc32)cc1. The molecule has 0 radical (unpaired) electrons. The van der Waals surface area contributed by atoms with Crippen LogP contribution in [0.2, 0.25) is 0 Å². The highest BCUT2D eigenvalue weighted by Gasteiger charge is 2.11. The summed E-state index contributed by atoms with van der Waals surface area (Å²) in [6, 6.07) is 20.2. The average molecular weight is 317 g/mol. The van der Waals surface area contributed by atoms with Crippen molar-refractivity contribution in [2.24, 2.45) is 0 Å². The third-order valence-electron chi connectivity index (χ3n) is 4.42. The van der Waals surface area contributed by atoms with Gasteiger partial charge in [-0.2, -0.15) is 0 Å². The summed E-state index contributed by atoms with van der Waals surface area (Å²) in [5, 5.41) is 2.38. The highest BCUT2D eigenvalue weighted by Crippen LogP contribution is 2.32. The number of hydrogen-bond acceptors (Lipinski definition) is 3. The zero-order chi connectivity index (χ0) is 16.7. The number of ether oxygens (including phenoxy) is 1. The summed E-state index contributed by atoms with van der Waals surface area (Å²) in [5.41, 5.74) is 17.0. The van der Waals surface area contributed by atoms with Crippen LogP contribution in [0.1, 0.15) is 5.56 Å². The fourth-order valence-electron chi connectivity index (χ4n) is 3.21. The zero-order valence-corrected chi connectivity index (χ0v) is 13.5. The number of methoxy groups -OCH3 is 1. The molecule has 0 aliphatic carbocycles. The van der Waals surface area contributed by atoms with E-state index in [2.05, 4.69) is 28.8 Å². The molecule has 4 heteroatoms. The van der Waals surface area contributed by atoms with Crippen LogP contribution in [-0.2, 0) is 6.54 Å². The molecule has 4 nitrogen and oxygen atoms in total. The second-order valence-electron chi connectivity index (χ2n) is 5.99. The topological polar surface area (TPSA) is 66.2 Å². The van der Waals surface area contributed by atoms with E-state index in [0.29, 0.717) is 0 Å². The largest absolute Gasteiger partial charge is 0.497 e. The summed E-state index contributed by atoms with van der Waals surface area (Å²) in [6.07, 6.45) is 0. The highest BCUT2D eigenvalue weighted by molar-refractivity contribution is 6.09. The van der Waals surface area contributed by atoms with Crippen molar-refractivity contribution in [1.29, 1.82) is 0 Å². The van der Waals surface area contributed by atoms with E-state index < -0.39 is 0 Å². The molecule has 0 amide bonds. The van der Waals surface area contributed by atoms with Gasteiger partial charge in [0.2, 0.25) is 0 Å². The van der Waals surface area contributed by atoms with Crippen molar-refractivity contribution < 1.29 is 4.74 Å². The maximum atomic E-state index is 6.02. The minimum absolute atomic E-state index is 0.747. The van der Waals surface area contributed by atoms with Crippen LogP contribution in [0.3, 0.4) is 0 Å². The van der Waals surface area contributed by atoms with Crippen LogP contribution in [0.5, 0.6) is 5.75 Å². The van der Waals surface area contributed by atoms with Gasteiger partial charge in [-0.15, -0.1) is 0 Å². The Bertz CT molecular complexity index is 973. The molecule has 3 aromatic carbocycles. The summed E-state index contributed by atoms with van der Waals surface area (Å²) in [7, 11) is 1.67. The Balaban J connectivity index is 1.93. The normalized spacial score (nSPS) is 11.2. The molecule has 0 saturated heterocycles. The lowest BCUT2D eigenvalue weighted by atomic mass is 10.1. The van der Waals surface area contributed by atoms with Crippen LogP contribution in [0.15, 0.2) is 60.7 Å². The van der Waals surface area contributed by atoms with E-state index in [9.17, 15) is 0 Å². The minimum atomic E-state index is 0.747. The molecule has 120 valence electrons. The van der Waals surface area contributed by atoms with E-state index in [1.54, 1.807) is 7.11 Å². The van der Waals surface area contributed by atoms with Gasteiger partial charge in [-0.1, -0.05) is 24.3 Å². The molecule has 0 saturated carbocycles.